The number of hydrogen-bond donors (Lipinski definition) is 1. The maximum Gasteiger partial charge on any atom is 0.275 e. The van der Waals surface area contributed by atoms with E-state index in [9.17, 15) is 9.18 Å². The van der Waals surface area contributed by atoms with Gasteiger partial charge in [0.1, 0.15) is 5.82 Å². The minimum absolute atomic E-state index is 0.0124. The van der Waals surface area contributed by atoms with E-state index in [1.54, 1.807) is 12.1 Å². The van der Waals surface area contributed by atoms with Crippen LogP contribution in [0.15, 0.2) is 24.3 Å². The molecule has 4 rings (SSSR count). The zero-order valence-electron chi connectivity index (χ0n) is 13.0. The average molecular weight is 313 g/mol. The molecule has 2 heterocycles. The lowest BCUT2D eigenvalue weighted by atomic mass is 9.94. The van der Waals surface area contributed by atoms with Crippen molar-refractivity contribution in [3.63, 3.8) is 0 Å². The zero-order chi connectivity index (χ0) is 15.8. The molecule has 23 heavy (non-hydrogen) atoms. The van der Waals surface area contributed by atoms with Crippen LogP contribution in [0, 0.1) is 5.82 Å². The van der Waals surface area contributed by atoms with Crippen molar-refractivity contribution in [1.29, 1.82) is 0 Å². The summed E-state index contributed by atoms with van der Waals surface area (Å²) in [4.78, 5) is 15.0. The first-order valence-corrected chi connectivity index (χ1v) is 8.36. The molecule has 1 amide bonds. The summed E-state index contributed by atoms with van der Waals surface area (Å²) in [6.45, 7) is 0.739. The van der Waals surface area contributed by atoms with E-state index < -0.39 is 0 Å². The van der Waals surface area contributed by atoms with Crippen LogP contribution in [0.2, 0.25) is 0 Å². The minimum Gasteiger partial charge on any atom is -0.330 e. The lowest BCUT2D eigenvalue weighted by Gasteiger charge is -2.36. The molecule has 0 saturated carbocycles. The number of aryl methyl sites for hydroxylation is 1. The second kappa shape index (κ2) is 5.80. The molecule has 1 aromatic heterocycles. The van der Waals surface area contributed by atoms with E-state index in [2.05, 4.69) is 10.2 Å². The van der Waals surface area contributed by atoms with E-state index in [0.29, 0.717) is 5.69 Å². The van der Waals surface area contributed by atoms with E-state index in [0.717, 1.165) is 61.9 Å². The average Bonchev–Trinajstić information content (AvgIpc) is 3.18. The van der Waals surface area contributed by atoms with Gasteiger partial charge in [-0.2, -0.15) is 5.10 Å². The van der Waals surface area contributed by atoms with Crippen LogP contribution < -0.4 is 0 Å². The van der Waals surface area contributed by atoms with Gasteiger partial charge >= 0.3 is 0 Å². The van der Waals surface area contributed by atoms with Crippen molar-refractivity contribution in [3.05, 3.63) is 52.6 Å². The number of benzene rings is 1. The van der Waals surface area contributed by atoms with Gasteiger partial charge in [-0.1, -0.05) is 12.1 Å². The summed E-state index contributed by atoms with van der Waals surface area (Å²) >= 11 is 0. The Morgan fingerprint density at radius 3 is 2.83 bits per heavy atom. The summed E-state index contributed by atoms with van der Waals surface area (Å²) < 4.78 is 13.2. The fraction of sp³-hybridized carbons (Fsp3) is 0.444. The Morgan fingerprint density at radius 2 is 2.00 bits per heavy atom. The minimum atomic E-state index is -0.243. The van der Waals surface area contributed by atoms with Crippen LogP contribution in [0.25, 0.3) is 0 Å². The Bertz CT molecular complexity index is 722. The maximum absolute atomic E-state index is 13.2. The second-order valence-corrected chi connectivity index (χ2v) is 6.44. The Morgan fingerprint density at radius 1 is 1.17 bits per heavy atom. The van der Waals surface area contributed by atoms with Crippen LogP contribution in [0.3, 0.4) is 0 Å². The predicted molar refractivity (Wildman–Crippen MR) is 84.6 cm³/mol. The first-order chi connectivity index (χ1) is 11.2. The van der Waals surface area contributed by atoms with Crippen LogP contribution >= 0.6 is 0 Å². The van der Waals surface area contributed by atoms with Gasteiger partial charge in [0.25, 0.3) is 5.91 Å². The summed E-state index contributed by atoms with van der Waals surface area (Å²) in [6, 6.07) is 6.55. The number of carbonyl (C=O) groups excluding carboxylic acids is 1. The molecule has 0 spiro atoms. The Kier molecular flexibility index (Phi) is 3.63. The van der Waals surface area contributed by atoms with Crippen LogP contribution in [-0.4, -0.2) is 27.5 Å². The number of nitrogens with zero attached hydrogens (tertiary/aromatic N) is 2. The lowest BCUT2D eigenvalue weighted by Crippen LogP contribution is -2.39. The van der Waals surface area contributed by atoms with Crippen molar-refractivity contribution < 1.29 is 9.18 Å². The SMILES string of the molecule is O=C(c1n[nH]c2c1CCC2)N1CCCCC1c1ccc(F)cc1. The van der Waals surface area contributed by atoms with Gasteiger partial charge in [-0.05, 0) is 56.2 Å². The van der Waals surface area contributed by atoms with E-state index >= 15 is 0 Å². The molecule has 1 aliphatic carbocycles. The van der Waals surface area contributed by atoms with Gasteiger partial charge in [0.15, 0.2) is 5.69 Å². The molecule has 1 atom stereocenters. The molecule has 5 heteroatoms. The van der Waals surface area contributed by atoms with Crippen molar-refractivity contribution in [1.82, 2.24) is 15.1 Å². The number of H-pyrrole nitrogens is 1. The molecule has 120 valence electrons. The highest BCUT2D eigenvalue weighted by atomic mass is 19.1. The number of carbonyl (C=O) groups is 1. The van der Waals surface area contributed by atoms with Crippen molar-refractivity contribution >= 4 is 5.91 Å². The van der Waals surface area contributed by atoms with Crippen LogP contribution in [0.1, 0.15) is 59.0 Å². The van der Waals surface area contributed by atoms with Gasteiger partial charge in [-0.25, -0.2) is 4.39 Å². The number of nitrogens with one attached hydrogen (secondary N) is 1. The zero-order valence-corrected chi connectivity index (χ0v) is 13.0. The Labute approximate surface area is 134 Å². The predicted octanol–water partition coefficient (Wildman–Crippen LogP) is 3.40. The summed E-state index contributed by atoms with van der Waals surface area (Å²) in [5, 5.41) is 7.30. The first kappa shape index (κ1) is 14.4. The fourth-order valence-corrected chi connectivity index (χ4v) is 3.84. The Hall–Kier alpha value is -2.17. The summed E-state index contributed by atoms with van der Waals surface area (Å²) in [6.07, 6.45) is 6.02. The maximum atomic E-state index is 13.2. The summed E-state index contributed by atoms with van der Waals surface area (Å²) in [5.74, 6) is -0.231. The molecule has 1 unspecified atom stereocenters. The molecule has 4 nitrogen and oxygen atoms in total. The molecule has 0 bridgehead atoms. The lowest BCUT2D eigenvalue weighted by molar-refractivity contribution is 0.0604. The number of rotatable bonds is 2. The van der Waals surface area contributed by atoms with Crippen molar-refractivity contribution in [2.45, 2.75) is 44.6 Å². The summed E-state index contributed by atoms with van der Waals surface area (Å²) in [7, 11) is 0. The van der Waals surface area contributed by atoms with E-state index in [4.69, 9.17) is 0 Å². The third-order valence-corrected chi connectivity index (χ3v) is 5.03. The van der Waals surface area contributed by atoms with Gasteiger partial charge in [-0.3, -0.25) is 9.89 Å². The molecule has 1 N–H and O–H groups in total. The van der Waals surface area contributed by atoms with Crippen LogP contribution in [0.5, 0.6) is 0 Å². The van der Waals surface area contributed by atoms with Gasteiger partial charge in [0, 0.05) is 17.8 Å². The van der Waals surface area contributed by atoms with E-state index in [-0.39, 0.29) is 17.8 Å². The molecule has 2 aliphatic rings. The van der Waals surface area contributed by atoms with Gasteiger partial charge in [0.05, 0.1) is 6.04 Å². The highest BCUT2D eigenvalue weighted by Crippen LogP contribution is 2.33. The van der Waals surface area contributed by atoms with Crippen LogP contribution in [-0.2, 0) is 12.8 Å². The quantitative estimate of drug-likeness (QED) is 0.923. The monoisotopic (exact) mass is 313 g/mol. The van der Waals surface area contributed by atoms with E-state index in [1.807, 2.05) is 4.90 Å². The van der Waals surface area contributed by atoms with Crippen LogP contribution in [0.4, 0.5) is 4.39 Å². The highest BCUT2D eigenvalue weighted by molar-refractivity contribution is 5.94. The number of piperidine rings is 1. The normalized spacial score (nSPS) is 20.6. The van der Waals surface area contributed by atoms with E-state index in [1.165, 1.54) is 12.1 Å². The number of amides is 1. The first-order valence-electron chi connectivity index (χ1n) is 8.36. The van der Waals surface area contributed by atoms with Crippen molar-refractivity contribution in [3.8, 4) is 0 Å². The number of halogens is 1. The third-order valence-electron chi connectivity index (χ3n) is 5.03. The number of aromatic nitrogens is 2. The number of hydrogen-bond acceptors (Lipinski definition) is 2. The third kappa shape index (κ3) is 2.54. The fourth-order valence-electron chi connectivity index (χ4n) is 3.84. The van der Waals surface area contributed by atoms with Gasteiger partial charge in [0.2, 0.25) is 0 Å². The molecular weight excluding hydrogens is 293 g/mol. The highest BCUT2D eigenvalue weighted by Gasteiger charge is 2.32. The molecule has 1 saturated heterocycles. The number of likely N-dealkylation sites (tertiary alicyclic amines) is 1. The number of aromatic amines is 1. The topological polar surface area (TPSA) is 49.0 Å². The molecular formula is C18H20FN3O. The smallest absolute Gasteiger partial charge is 0.275 e. The van der Waals surface area contributed by atoms with Crippen molar-refractivity contribution in [2.24, 2.45) is 0 Å². The Balaban J connectivity index is 1.64. The molecule has 1 fully saturated rings. The second-order valence-electron chi connectivity index (χ2n) is 6.44. The molecule has 2 aromatic rings. The molecule has 0 radical (unpaired) electrons. The number of fused-ring (bicyclic) bond motifs is 1. The van der Waals surface area contributed by atoms with Gasteiger partial charge < -0.3 is 4.90 Å². The van der Waals surface area contributed by atoms with Gasteiger partial charge in [-0.15, -0.1) is 0 Å². The standard InChI is InChI=1S/C18H20FN3O/c19-13-9-7-12(8-10-13)16-6-1-2-11-22(16)18(23)17-14-4-3-5-15(14)20-21-17/h7-10,16H,1-6,11H2,(H,20,21). The molecule has 1 aromatic carbocycles. The summed E-state index contributed by atoms with van der Waals surface area (Å²) in [5.41, 5.74) is 3.81. The van der Waals surface area contributed by atoms with Crippen molar-refractivity contribution in [2.75, 3.05) is 6.54 Å². The molecule has 1 aliphatic heterocycles. The largest absolute Gasteiger partial charge is 0.330 e.